The Balaban J connectivity index is 1.22. The lowest BCUT2D eigenvalue weighted by Crippen LogP contribution is -2.30. The van der Waals surface area contributed by atoms with Gasteiger partial charge in [-0.3, -0.25) is 9.78 Å². The molecule has 7 heteroatoms. The highest BCUT2D eigenvalue weighted by Crippen LogP contribution is 2.51. The predicted molar refractivity (Wildman–Crippen MR) is 126 cm³/mol. The number of aromatic nitrogens is 4. The summed E-state index contributed by atoms with van der Waals surface area (Å²) in [5.74, 6) is 7.09. The number of aliphatic carboxylic acids is 1. The molecule has 0 amide bonds. The maximum absolute atomic E-state index is 11.7. The molecule has 4 unspecified atom stereocenters. The highest BCUT2D eigenvalue weighted by atomic mass is 16.5. The average molecular weight is 457 g/mol. The zero-order chi connectivity index (χ0) is 23.5. The summed E-state index contributed by atoms with van der Waals surface area (Å²) in [6.07, 6.45) is 10.2. The Labute approximate surface area is 199 Å². The monoisotopic (exact) mass is 456 g/mol. The van der Waals surface area contributed by atoms with Gasteiger partial charge in [0.15, 0.2) is 0 Å². The minimum Gasteiger partial charge on any atom is -0.481 e. The number of rotatable bonds is 5. The fraction of sp³-hybridized carbons (Fsp3) is 0.444. The van der Waals surface area contributed by atoms with Gasteiger partial charge in [0.1, 0.15) is 11.4 Å². The number of nitrogens with zero attached hydrogens (tertiary/aromatic N) is 4. The highest BCUT2D eigenvalue weighted by molar-refractivity contribution is 5.71. The summed E-state index contributed by atoms with van der Waals surface area (Å²) in [4.78, 5) is 25.0. The third kappa shape index (κ3) is 4.72. The van der Waals surface area contributed by atoms with Gasteiger partial charge in [0, 0.05) is 23.9 Å². The standard InChI is InChI=1S/C27H28N4O3/c1-27(13-4-6-22(27)26(32)33)16-19-7-10-20(15-19)25-30-24(31-34-25)23-12-9-18(17-29-23)8-11-21-5-2-3-14-28-21/h2-3,5,9,12,14,17,19-20,22H,4,6-7,10,13,15-16H2,1H3,(H,32,33). The molecular formula is C27H28N4O3. The van der Waals surface area contributed by atoms with Crippen LogP contribution in [0.5, 0.6) is 0 Å². The van der Waals surface area contributed by atoms with E-state index in [2.05, 4.69) is 38.9 Å². The van der Waals surface area contributed by atoms with E-state index in [0.29, 0.717) is 29.0 Å². The number of hydrogen-bond acceptors (Lipinski definition) is 6. The van der Waals surface area contributed by atoms with Gasteiger partial charge in [-0.05, 0) is 80.0 Å². The van der Waals surface area contributed by atoms with Crippen molar-refractivity contribution < 1.29 is 14.4 Å². The molecule has 174 valence electrons. The molecule has 0 aromatic carbocycles. The quantitative estimate of drug-likeness (QED) is 0.533. The van der Waals surface area contributed by atoms with Crippen LogP contribution in [-0.4, -0.2) is 31.2 Å². The van der Waals surface area contributed by atoms with Crippen molar-refractivity contribution in [1.82, 2.24) is 20.1 Å². The third-order valence-corrected chi connectivity index (χ3v) is 7.46. The first kappa shape index (κ1) is 22.3. The zero-order valence-corrected chi connectivity index (χ0v) is 19.3. The summed E-state index contributed by atoms with van der Waals surface area (Å²) in [5.41, 5.74) is 2.05. The molecule has 2 aliphatic carbocycles. The van der Waals surface area contributed by atoms with Crippen LogP contribution >= 0.6 is 0 Å². The van der Waals surface area contributed by atoms with E-state index < -0.39 is 5.97 Å². The van der Waals surface area contributed by atoms with Crippen molar-refractivity contribution in [2.75, 3.05) is 0 Å². The van der Waals surface area contributed by atoms with Crippen molar-refractivity contribution in [3.8, 4) is 23.4 Å². The lowest BCUT2D eigenvalue weighted by Gasteiger charge is -2.31. The molecule has 0 radical (unpaired) electrons. The van der Waals surface area contributed by atoms with Gasteiger partial charge in [0.05, 0.1) is 5.92 Å². The minimum absolute atomic E-state index is 0.101. The van der Waals surface area contributed by atoms with E-state index in [9.17, 15) is 9.90 Å². The minimum atomic E-state index is -0.641. The highest BCUT2D eigenvalue weighted by Gasteiger charge is 2.45. The number of hydrogen-bond donors (Lipinski definition) is 1. The molecule has 5 rings (SSSR count). The Kier molecular flexibility index (Phi) is 6.14. The molecule has 0 aliphatic heterocycles. The van der Waals surface area contributed by atoms with E-state index >= 15 is 0 Å². The van der Waals surface area contributed by atoms with Crippen LogP contribution in [-0.2, 0) is 4.79 Å². The molecule has 0 bridgehead atoms. The van der Waals surface area contributed by atoms with Gasteiger partial charge >= 0.3 is 5.97 Å². The molecule has 0 saturated heterocycles. The molecule has 1 N–H and O–H groups in total. The molecule has 3 aromatic rings. The van der Waals surface area contributed by atoms with Crippen LogP contribution in [0.25, 0.3) is 11.5 Å². The second kappa shape index (κ2) is 9.38. The number of carboxylic acids is 1. The van der Waals surface area contributed by atoms with Gasteiger partial charge in [-0.15, -0.1) is 0 Å². The SMILES string of the molecule is CC1(CC2CCC(c3nc(-c4ccc(C#Cc5ccccn5)cn4)no3)C2)CCCC1C(=O)O. The first-order valence-corrected chi connectivity index (χ1v) is 12.0. The fourth-order valence-electron chi connectivity index (χ4n) is 5.72. The lowest BCUT2D eigenvalue weighted by atomic mass is 9.72. The summed E-state index contributed by atoms with van der Waals surface area (Å²) in [6.45, 7) is 2.16. The van der Waals surface area contributed by atoms with E-state index in [1.807, 2.05) is 30.3 Å². The Morgan fingerprint density at radius 2 is 2.09 bits per heavy atom. The Bertz CT molecular complexity index is 1210. The van der Waals surface area contributed by atoms with E-state index in [0.717, 1.165) is 50.5 Å². The van der Waals surface area contributed by atoms with Crippen molar-refractivity contribution in [1.29, 1.82) is 0 Å². The van der Waals surface area contributed by atoms with Gasteiger partial charge in [-0.25, -0.2) is 4.98 Å². The summed E-state index contributed by atoms with van der Waals surface area (Å²) in [7, 11) is 0. The summed E-state index contributed by atoms with van der Waals surface area (Å²) in [6, 6.07) is 9.36. The van der Waals surface area contributed by atoms with E-state index in [-0.39, 0.29) is 17.3 Å². The summed E-state index contributed by atoms with van der Waals surface area (Å²) in [5, 5.41) is 13.8. The van der Waals surface area contributed by atoms with E-state index in [1.54, 1.807) is 12.4 Å². The largest absolute Gasteiger partial charge is 0.481 e. The van der Waals surface area contributed by atoms with E-state index in [1.165, 1.54) is 0 Å². The Hall–Kier alpha value is -3.53. The maximum Gasteiger partial charge on any atom is 0.307 e. The van der Waals surface area contributed by atoms with Crippen LogP contribution in [0.3, 0.4) is 0 Å². The van der Waals surface area contributed by atoms with Crippen LogP contribution in [0, 0.1) is 29.1 Å². The van der Waals surface area contributed by atoms with Crippen LogP contribution in [0.1, 0.15) is 74.9 Å². The summed E-state index contributed by atoms with van der Waals surface area (Å²) >= 11 is 0. The van der Waals surface area contributed by atoms with Crippen LogP contribution in [0.2, 0.25) is 0 Å². The maximum atomic E-state index is 11.7. The van der Waals surface area contributed by atoms with Gasteiger partial charge in [-0.2, -0.15) is 4.98 Å². The molecular weight excluding hydrogens is 428 g/mol. The number of carbonyl (C=O) groups is 1. The van der Waals surface area contributed by atoms with Crippen LogP contribution in [0.4, 0.5) is 0 Å². The second-order valence-corrected chi connectivity index (χ2v) is 9.87. The molecule has 0 spiro atoms. The molecule has 3 heterocycles. The fourth-order valence-corrected chi connectivity index (χ4v) is 5.72. The van der Waals surface area contributed by atoms with Gasteiger partial charge in [0.25, 0.3) is 0 Å². The smallest absolute Gasteiger partial charge is 0.307 e. The molecule has 4 atom stereocenters. The third-order valence-electron chi connectivity index (χ3n) is 7.46. The second-order valence-electron chi connectivity index (χ2n) is 9.87. The topological polar surface area (TPSA) is 102 Å². The Morgan fingerprint density at radius 3 is 2.85 bits per heavy atom. The van der Waals surface area contributed by atoms with Crippen molar-refractivity contribution in [3.05, 3.63) is 59.9 Å². The number of pyridine rings is 2. The van der Waals surface area contributed by atoms with E-state index in [4.69, 9.17) is 4.52 Å². The molecule has 2 saturated carbocycles. The molecule has 3 aromatic heterocycles. The van der Waals surface area contributed by atoms with Gasteiger partial charge in [0.2, 0.25) is 11.7 Å². The average Bonchev–Trinajstić information content (AvgIpc) is 3.59. The van der Waals surface area contributed by atoms with Crippen molar-refractivity contribution in [3.63, 3.8) is 0 Å². The van der Waals surface area contributed by atoms with Gasteiger partial charge in [-0.1, -0.05) is 30.5 Å². The zero-order valence-electron chi connectivity index (χ0n) is 19.3. The first-order chi connectivity index (χ1) is 16.5. The Morgan fingerprint density at radius 1 is 1.18 bits per heavy atom. The van der Waals surface area contributed by atoms with Crippen LogP contribution in [0.15, 0.2) is 47.2 Å². The summed E-state index contributed by atoms with van der Waals surface area (Å²) < 4.78 is 5.61. The molecule has 2 aliphatic rings. The normalized spacial score (nSPS) is 26.2. The first-order valence-electron chi connectivity index (χ1n) is 12.0. The van der Waals surface area contributed by atoms with Crippen molar-refractivity contribution >= 4 is 5.97 Å². The molecule has 7 nitrogen and oxygen atoms in total. The van der Waals surface area contributed by atoms with Crippen molar-refractivity contribution in [2.24, 2.45) is 17.3 Å². The van der Waals surface area contributed by atoms with Crippen molar-refractivity contribution in [2.45, 2.75) is 57.8 Å². The predicted octanol–water partition coefficient (Wildman–Crippen LogP) is 5.09. The molecule has 34 heavy (non-hydrogen) atoms. The van der Waals surface area contributed by atoms with Gasteiger partial charge < -0.3 is 9.63 Å². The lowest BCUT2D eigenvalue weighted by molar-refractivity contribution is -0.145. The molecule has 2 fully saturated rings. The number of carboxylic acid groups (broad SMARTS) is 1. The van der Waals surface area contributed by atoms with Crippen LogP contribution < -0.4 is 0 Å².